The van der Waals surface area contributed by atoms with Crippen molar-refractivity contribution >= 4 is 45.0 Å². The molecule has 2 aliphatic carbocycles. The maximum absolute atomic E-state index is 14.8. The van der Waals surface area contributed by atoms with Crippen LogP contribution in [0.5, 0.6) is 0 Å². The van der Waals surface area contributed by atoms with E-state index in [0.29, 0.717) is 45.4 Å². The second-order valence-electron chi connectivity index (χ2n) is 17.1. The number of H-pyrrole nitrogens is 2. The number of hydrogen-bond acceptors (Lipinski definition) is 8. The molecule has 0 aliphatic heterocycles. The van der Waals surface area contributed by atoms with Gasteiger partial charge in [-0.05, 0) is 95.1 Å². The van der Waals surface area contributed by atoms with E-state index >= 15 is 0 Å². The lowest BCUT2D eigenvalue weighted by molar-refractivity contribution is -0.377. The molecule has 6 aromatic heterocycles. The Labute approximate surface area is 380 Å². The highest BCUT2D eigenvalue weighted by Gasteiger charge is 2.55. The van der Waals surface area contributed by atoms with Crippen LogP contribution in [0.3, 0.4) is 0 Å². The minimum atomic E-state index is -0.304. The van der Waals surface area contributed by atoms with Crippen molar-refractivity contribution in [1.82, 2.24) is 29.5 Å². The van der Waals surface area contributed by atoms with Crippen molar-refractivity contribution in [3.05, 3.63) is 144 Å². The summed E-state index contributed by atoms with van der Waals surface area (Å²) in [6.45, 7) is 8.11. The summed E-state index contributed by atoms with van der Waals surface area (Å²) in [6, 6.07) is 14.0. The molecule has 0 bridgehead atoms. The number of fused-ring (bicyclic) bond motifs is 2. The lowest BCUT2D eigenvalue weighted by atomic mass is 9.99. The van der Waals surface area contributed by atoms with Gasteiger partial charge in [0.25, 0.3) is 0 Å². The molecule has 2 fully saturated rings. The van der Waals surface area contributed by atoms with Gasteiger partial charge in [-0.3, -0.25) is 19.0 Å². The van der Waals surface area contributed by atoms with Crippen molar-refractivity contribution in [2.24, 2.45) is 37.8 Å². The molecule has 6 N–H and O–H groups in total. The van der Waals surface area contributed by atoms with Crippen molar-refractivity contribution in [3.63, 3.8) is 0 Å². The Kier molecular flexibility index (Phi) is 13.5. The van der Waals surface area contributed by atoms with Gasteiger partial charge < -0.3 is 21.6 Å². The molecular weight excluding hydrogens is 843 g/mol. The van der Waals surface area contributed by atoms with E-state index in [0.717, 1.165) is 57.0 Å². The van der Waals surface area contributed by atoms with Gasteiger partial charge in [0, 0.05) is 96.6 Å². The second-order valence-corrected chi connectivity index (χ2v) is 17.1. The highest BCUT2D eigenvalue weighted by atomic mass is 19.1. The van der Waals surface area contributed by atoms with Gasteiger partial charge in [0.2, 0.25) is 11.8 Å². The Morgan fingerprint density at radius 2 is 1.02 bits per heavy atom. The first-order valence-electron chi connectivity index (χ1n) is 21.6. The molecular formula is C50H52F2N10O4. The van der Waals surface area contributed by atoms with E-state index in [2.05, 4.69) is 54.6 Å². The minimum Gasteiger partial charge on any atom is -0.870 e. The Hall–Kier alpha value is -7.30. The summed E-state index contributed by atoms with van der Waals surface area (Å²) in [5.41, 5.74) is 6.79. The van der Waals surface area contributed by atoms with E-state index in [-0.39, 0.29) is 58.1 Å². The molecule has 0 saturated heterocycles. The summed E-state index contributed by atoms with van der Waals surface area (Å²) in [4.78, 5) is 40.8. The number of amides is 2. The number of nitrogens with zero attached hydrogens (tertiary/aromatic N) is 6. The van der Waals surface area contributed by atoms with E-state index in [9.17, 15) is 18.4 Å². The number of benzene rings is 2. The molecule has 340 valence electrons. The molecule has 14 nitrogen and oxygen atoms in total. The molecule has 6 heterocycles. The van der Waals surface area contributed by atoms with Crippen LogP contribution in [0.4, 0.5) is 20.4 Å². The Morgan fingerprint density at radius 3 is 1.36 bits per heavy atom. The summed E-state index contributed by atoms with van der Waals surface area (Å²) >= 11 is 0. The number of carbonyl (C=O) groups excluding carboxylic acids is 2. The van der Waals surface area contributed by atoms with Crippen LogP contribution < -0.4 is 20.6 Å². The zero-order valence-electron chi connectivity index (χ0n) is 37.4. The SMILES string of the molecule is CC[C@@H]1C(c2cnn(C)c2)[C@H]1C(=O)Nc1cc2cc(-c3c[nH+]ccc3C)c(F)cc2cn1.CC[C@H]1C(c2cnn(C)c2)[C@H]1C(=O)Nc1cc2cc(-c3c[nH+]ccc3C)c(F)cc2cn1.[OH-].[OH-]. The first kappa shape index (κ1) is 46.7. The molecule has 8 aromatic rings. The van der Waals surface area contributed by atoms with Crippen molar-refractivity contribution in [3.8, 4) is 22.3 Å². The highest BCUT2D eigenvalue weighted by molar-refractivity contribution is 5.98. The molecule has 2 aromatic carbocycles. The summed E-state index contributed by atoms with van der Waals surface area (Å²) in [5.74, 6) is 1.08. The van der Waals surface area contributed by atoms with Crippen molar-refractivity contribution in [2.45, 2.75) is 52.4 Å². The van der Waals surface area contributed by atoms with Crippen LogP contribution in [0.1, 0.15) is 60.8 Å². The molecule has 2 saturated carbocycles. The van der Waals surface area contributed by atoms with Crippen LogP contribution >= 0.6 is 0 Å². The molecule has 0 spiro atoms. The van der Waals surface area contributed by atoms with Gasteiger partial charge in [-0.2, -0.15) is 10.2 Å². The van der Waals surface area contributed by atoms with Crippen LogP contribution in [0.25, 0.3) is 43.8 Å². The van der Waals surface area contributed by atoms with E-state index in [4.69, 9.17) is 0 Å². The van der Waals surface area contributed by atoms with Crippen molar-refractivity contribution < 1.29 is 39.3 Å². The number of pyridine rings is 4. The third-order valence-corrected chi connectivity index (χ3v) is 13.0. The lowest BCUT2D eigenvalue weighted by Gasteiger charge is -2.09. The van der Waals surface area contributed by atoms with Gasteiger partial charge in [0.1, 0.15) is 23.3 Å². The quantitative estimate of drug-likeness (QED) is 0.136. The van der Waals surface area contributed by atoms with Gasteiger partial charge >= 0.3 is 0 Å². The van der Waals surface area contributed by atoms with E-state index in [1.165, 1.54) is 12.1 Å². The fraction of sp³-hybridized carbons (Fsp3) is 0.280. The number of aromatic amines is 2. The van der Waals surface area contributed by atoms with Crippen LogP contribution in [0, 0.1) is 49.2 Å². The number of anilines is 2. The Morgan fingerprint density at radius 1 is 0.606 bits per heavy atom. The minimum absolute atomic E-state index is 0. The first-order valence-corrected chi connectivity index (χ1v) is 21.6. The molecule has 2 amide bonds. The largest absolute Gasteiger partial charge is 0.870 e. The van der Waals surface area contributed by atoms with Crippen LogP contribution in [0.2, 0.25) is 0 Å². The van der Waals surface area contributed by atoms with E-state index in [1.807, 2.05) is 89.4 Å². The Bertz CT molecular complexity index is 2880. The zero-order valence-corrected chi connectivity index (χ0v) is 37.4. The number of halogens is 2. The van der Waals surface area contributed by atoms with E-state index < -0.39 is 0 Å². The number of aromatic nitrogens is 8. The maximum Gasteiger partial charge on any atom is 0.229 e. The fourth-order valence-corrected chi connectivity index (χ4v) is 9.51. The fourth-order valence-electron chi connectivity index (χ4n) is 9.51. The summed E-state index contributed by atoms with van der Waals surface area (Å²) in [7, 11) is 3.76. The lowest BCUT2D eigenvalue weighted by Crippen LogP contribution is -2.16. The second kappa shape index (κ2) is 19.0. The molecule has 2 unspecified atom stereocenters. The number of aryl methyl sites for hydroxylation is 4. The molecule has 16 heteroatoms. The van der Waals surface area contributed by atoms with Crippen LogP contribution in [0.15, 0.2) is 110 Å². The van der Waals surface area contributed by atoms with Gasteiger partial charge in [0.15, 0.2) is 24.8 Å². The molecule has 6 atom stereocenters. The summed E-state index contributed by atoms with van der Waals surface area (Å²) < 4.78 is 33.1. The van der Waals surface area contributed by atoms with E-state index in [1.54, 1.807) is 46.3 Å². The predicted octanol–water partition coefficient (Wildman–Crippen LogP) is 8.20. The first-order chi connectivity index (χ1) is 30.9. The number of carbonyl (C=O) groups is 2. The van der Waals surface area contributed by atoms with Gasteiger partial charge in [-0.15, -0.1) is 0 Å². The normalized spacial score (nSPS) is 19.2. The van der Waals surface area contributed by atoms with Crippen molar-refractivity contribution in [1.29, 1.82) is 0 Å². The summed E-state index contributed by atoms with van der Waals surface area (Å²) in [5, 5.41) is 17.5. The topological polar surface area (TPSA) is 208 Å². The average Bonchev–Trinajstić information content (AvgIpc) is 4.10. The maximum atomic E-state index is 14.8. The van der Waals surface area contributed by atoms with Gasteiger partial charge in [0.05, 0.1) is 23.5 Å². The van der Waals surface area contributed by atoms with Crippen molar-refractivity contribution in [2.75, 3.05) is 10.6 Å². The number of nitrogens with one attached hydrogen (secondary N) is 4. The van der Waals surface area contributed by atoms with Gasteiger partial charge in [-0.25, -0.2) is 28.7 Å². The highest BCUT2D eigenvalue weighted by Crippen LogP contribution is 2.57. The average molecular weight is 895 g/mol. The molecule has 0 radical (unpaired) electrons. The molecule has 10 rings (SSSR count). The zero-order chi connectivity index (χ0) is 44.8. The van der Waals surface area contributed by atoms with Gasteiger partial charge in [-0.1, -0.05) is 26.7 Å². The third kappa shape index (κ3) is 9.14. The third-order valence-electron chi connectivity index (χ3n) is 13.0. The van der Waals surface area contributed by atoms with Crippen LogP contribution in [-0.4, -0.2) is 52.3 Å². The number of hydrogen-bond donors (Lipinski definition) is 2. The Balaban J connectivity index is 0.000000191. The monoisotopic (exact) mass is 894 g/mol. The molecule has 66 heavy (non-hydrogen) atoms. The standard InChI is InChI=1S/2C25H24FN5O.2H2O/c2*1-4-18-23(17-11-29-31(3)13-17)24(18)25(32)30-22-9-15-7-19(20-12-27-6-5-14(20)2)21(26)8-16(15)10-28-22;;/h2*5-13,18,23-24H,4H2,1-3H3,(H,28,30,32);2*1H2/t18-,23?,24+;18-,23?,24-;;/m10../s1. The number of rotatable bonds is 10. The molecule has 2 aliphatic rings. The summed E-state index contributed by atoms with van der Waals surface area (Å²) in [6.07, 6.45) is 19.9. The smallest absolute Gasteiger partial charge is 0.229 e. The van der Waals surface area contributed by atoms with Crippen LogP contribution in [-0.2, 0) is 23.7 Å². The predicted molar refractivity (Wildman–Crippen MR) is 244 cm³/mol.